The van der Waals surface area contributed by atoms with Gasteiger partial charge in [0.25, 0.3) is 16.5 Å². The summed E-state index contributed by atoms with van der Waals surface area (Å²) in [6.07, 6.45) is 0. The Morgan fingerprint density at radius 3 is 1.81 bits per heavy atom. The van der Waals surface area contributed by atoms with Crippen molar-refractivity contribution >= 4 is 23.0 Å². The van der Waals surface area contributed by atoms with Gasteiger partial charge >= 0.3 is 0 Å². The molecule has 9 heteroatoms. The van der Waals surface area contributed by atoms with Crippen LogP contribution >= 0.6 is 11.6 Å². The van der Waals surface area contributed by atoms with E-state index in [1.54, 1.807) is 0 Å². The third-order valence-electron chi connectivity index (χ3n) is 1.97. The van der Waals surface area contributed by atoms with Crippen LogP contribution in [0.5, 0.6) is 0 Å². The van der Waals surface area contributed by atoms with Crippen molar-refractivity contribution in [2.75, 3.05) is 0 Å². The number of halogens is 1. The first-order valence-electron chi connectivity index (χ1n) is 4.00. The van der Waals surface area contributed by atoms with Crippen LogP contribution in [0.25, 0.3) is 0 Å². The Morgan fingerprint density at radius 1 is 1.06 bits per heavy atom. The summed E-state index contributed by atoms with van der Waals surface area (Å²) in [5, 5.41) is 26.6. The van der Waals surface area contributed by atoms with Crippen molar-refractivity contribution in [2.24, 2.45) is 10.2 Å². The van der Waals surface area contributed by atoms with Gasteiger partial charge < -0.3 is 0 Å². The second-order valence-electron chi connectivity index (χ2n) is 3.04. The van der Waals surface area contributed by atoms with Gasteiger partial charge in [0.1, 0.15) is 0 Å². The van der Waals surface area contributed by atoms with Crippen molar-refractivity contribution in [1.82, 2.24) is 0 Å². The fourth-order valence-corrected chi connectivity index (χ4v) is 1.30. The molecule has 2 rings (SSSR count). The molecule has 0 bridgehead atoms. The fourth-order valence-electron chi connectivity index (χ4n) is 1.15. The number of nitrogens with zero attached hydrogens (tertiary/aromatic N) is 4. The largest absolute Gasteiger partial charge is 0.289 e. The molecule has 0 spiro atoms. The van der Waals surface area contributed by atoms with Crippen molar-refractivity contribution in [1.29, 1.82) is 0 Å². The van der Waals surface area contributed by atoms with Crippen LogP contribution in [0, 0.1) is 20.2 Å². The van der Waals surface area contributed by atoms with Crippen LogP contribution in [0.4, 0.5) is 11.4 Å². The normalized spacial score (nSPS) is 15.8. The standard InChI is InChI=1S/C7H3ClN4O4/c8-7(9-10-7)4-1-5(11(13)14)3-6(2-4)12(15)16/h1-3H. The minimum Gasteiger partial charge on any atom is -0.258 e. The Hall–Kier alpha value is -2.09. The van der Waals surface area contributed by atoms with E-state index in [2.05, 4.69) is 10.2 Å². The molecule has 0 aliphatic carbocycles. The SMILES string of the molecule is O=[N+]([O-])c1cc([N+](=O)[O-])cc(C2(Cl)N=N2)c1. The maximum atomic E-state index is 10.6. The number of nitro benzene ring substituents is 2. The third kappa shape index (κ3) is 1.70. The summed E-state index contributed by atoms with van der Waals surface area (Å²) in [6.45, 7) is 0. The summed E-state index contributed by atoms with van der Waals surface area (Å²) in [7, 11) is 0. The summed E-state index contributed by atoms with van der Waals surface area (Å²) >= 11 is 5.74. The average Bonchev–Trinajstić information content (AvgIpc) is 2.97. The highest BCUT2D eigenvalue weighted by Gasteiger charge is 2.41. The quantitative estimate of drug-likeness (QED) is 0.350. The van der Waals surface area contributed by atoms with Crippen LogP contribution in [0.1, 0.15) is 5.56 Å². The van der Waals surface area contributed by atoms with Crippen LogP contribution in [0.15, 0.2) is 28.4 Å². The van der Waals surface area contributed by atoms with Crippen LogP contribution in [-0.4, -0.2) is 9.85 Å². The molecule has 0 unspecified atom stereocenters. The van der Waals surface area contributed by atoms with Gasteiger partial charge in [0.05, 0.1) is 15.9 Å². The zero-order chi connectivity index (χ0) is 11.9. The Kier molecular flexibility index (Phi) is 2.09. The molecule has 8 nitrogen and oxygen atoms in total. The van der Waals surface area contributed by atoms with E-state index in [4.69, 9.17) is 11.6 Å². The van der Waals surface area contributed by atoms with Crippen LogP contribution in [0.3, 0.4) is 0 Å². The van der Waals surface area contributed by atoms with Crippen molar-refractivity contribution in [2.45, 2.75) is 5.12 Å². The smallest absolute Gasteiger partial charge is 0.258 e. The van der Waals surface area contributed by atoms with Gasteiger partial charge in [-0.1, -0.05) is 11.6 Å². The minimum atomic E-state index is -1.39. The molecule has 0 saturated heterocycles. The van der Waals surface area contributed by atoms with Gasteiger partial charge in [-0.2, -0.15) is 0 Å². The van der Waals surface area contributed by atoms with E-state index in [-0.39, 0.29) is 5.56 Å². The lowest BCUT2D eigenvalue weighted by Gasteiger charge is -2.01. The topological polar surface area (TPSA) is 111 Å². The van der Waals surface area contributed by atoms with Gasteiger partial charge in [-0.3, -0.25) is 20.2 Å². The highest BCUT2D eigenvalue weighted by atomic mass is 35.5. The van der Waals surface area contributed by atoms with E-state index < -0.39 is 26.3 Å². The summed E-state index contributed by atoms with van der Waals surface area (Å²) in [4.78, 5) is 19.6. The molecule has 0 saturated carbocycles. The molecule has 1 aliphatic heterocycles. The van der Waals surface area contributed by atoms with Gasteiger partial charge in [-0.05, 0) is 0 Å². The molecule has 0 amide bonds. The number of alkyl halides is 1. The number of benzene rings is 1. The number of hydrogen-bond donors (Lipinski definition) is 0. The van der Waals surface area contributed by atoms with E-state index in [1.165, 1.54) is 0 Å². The van der Waals surface area contributed by atoms with Crippen LogP contribution in [-0.2, 0) is 5.12 Å². The third-order valence-corrected chi connectivity index (χ3v) is 2.34. The highest BCUT2D eigenvalue weighted by Crippen LogP contribution is 2.45. The predicted molar refractivity (Wildman–Crippen MR) is 52.1 cm³/mol. The van der Waals surface area contributed by atoms with Crippen molar-refractivity contribution in [3.63, 3.8) is 0 Å². The molecule has 1 aromatic rings. The molecule has 1 aromatic carbocycles. The zero-order valence-electron chi connectivity index (χ0n) is 7.53. The Balaban J connectivity index is 2.54. The van der Waals surface area contributed by atoms with E-state index in [0.29, 0.717) is 0 Å². The molecule has 0 radical (unpaired) electrons. The Morgan fingerprint density at radius 2 is 1.50 bits per heavy atom. The maximum Gasteiger partial charge on any atom is 0.289 e. The predicted octanol–water partition coefficient (Wildman–Crippen LogP) is 2.32. The Labute approximate surface area is 92.8 Å². The number of nitro groups is 2. The molecule has 0 aromatic heterocycles. The first-order valence-corrected chi connectivity index (χ1v) is 4.37. The molecule has 82 valence electrons. The average molecular weight is 243 g/mol. The molecule has 0 atom stereocenters. The van der Waals surface area contributed by atoms with Crippen molar-refractivity contribution < 1.29 is 9.85 Å². The maximum absolute atomic E-state index is 10.6. The van der Waals surface area contributed by atoms with Gasteiger partial charge in [-0.25, -0.2) is 0 Å². The second kappa shape index (κ2) is 3.20. The van der Waals surface area contributed by atoms with E-state index >= 15 is 0 Å². The summed E-state index contributed by atoms with van der Waals surface area (Å²) in [6, 6.07) is 3.08. The molecular weight excluding hydrogens is 240 g/mol. The summed E-state index contributed by atoms with van der Waals surface area (Å²) in [5.74, 6) is 0. The monoisotopic (exact) mass is 242 g/mol. The molecular formula is C7H3ClN4O4. The Bertz CT molecular complexity index is 491. The van der Waals surface area contributed by atoms with E-state index in [9.17, 15) is 20.2 Å². The summed E-state index contributed by atoms with van der Waals surface area (Å²) in [5.41, 5.74) is -0.710. The lowest BCUT2D eigenvalue weighted by Crippen LogP contribution is -2.01. The van der Waals surface area contributed by atoms with Gasteiger partial charge in [0.2, 0.25) is 0 Å². The first-order chi connectivity index (χ1) is 7.42. The van der Waals surface area contributed by atoms with Gasteiger partial charge in [0.15, 0.2) is 0 Å². The molecule has 0 fully saturated rings. The van der Waals surface area contributed by atoms with Crippen LogP contribution in [0.2, 0.25) is 0 Å². The second-order valence-corrected chi connectivity index (χ2v) is 3.57. The van der Waals surface area contributed by atoms with Crippen molar-refractivity contribution in [3.05, 3.63) is 44.0 Å². The molecule has 1 heterocycles. The molecule has 0 N–H and O–H groups in total. The van der Waals surface area contributed by atoms with Gasteiger partial charge in [0, 0.05) is 17.7 Å². The van der Waals surface area contributed by atoms with E-state index in [0.717, 1.165) is 18.2 Å². The first kappa shape index (κ1) is 10.4. The number of hydrogen-bond acceptors (Lipinski definition) is 6. The minimum absolute atomic E-state index is 0.120. The molecule has 1 aliphatic rings. The summed E-state index contributed by atoms with van der Waals surface area (Å²) < 4.78 is 0. The van der Waals surface area contributed by atoms with Crippen molar-refractivity contribution in [3.8, 4) is 0 Å². The highest BCUT2D eigenvalue weighted by molar-refractivity contribution is 6.24. The van der Waals surface area contributed by atoms with Crippen LogP contribution < -0.4 is 0 Å². The zero-order valence-corrected chi connectivity index (χ0v) is 8.29. The number of non-ortho nitro benzene ring substituents is 2. The molecule has 16 heavy (non-hydrogen) atoms. The fraction of sp³-hybridized carbons (Fsp3) is 0.143. The lowest BCUT2D eigenvalue weighted by atomic mass is 10.1. The lowest BCUT2D eigenvalue weighted by molar-refractivity contribution is -0.394. The number of rotatable bonds is 3. The van der Waals surface area contributed by atoms with Gasteiger partial charge in [-0.15, -0.1) is 10.2 Å². The van der Waals surface area contributed by atoms with E-state index in [1.807, 2.05) is 0 Å².